The maximum Gasteiger partial charge on any atom is 0.162 e. The highest BCUT2D eigenvalue weighted by molar-refractivity contribution is 5.90. The number of halogens is 1. The quantitative estimate of drug-likeness (QED) is 0.719. The highest BCUT2D eigenvalue weighted by Crippen LogP contribution is 2.25. The first-order valence-corrected chi connectivity index (χ1v) is 6.01. The van der Waals surface area contributed by atoms with E-state index in [4.69, 9.17) is 6.42 Å². The Hall–Kier alpha value is -2.93. The minimum absolute atomic E-state index is 0.216. The Labute approximate surface area is 115 Å². The van der Waals surface area contributed by atoms with Crippen molar-refractivity contribution in [3.05, 3.63) is 60.2 Å². The summed E-state index contributed by atoms with van der Waals surface area (Å²) in [6.45, 7) is 0. The molecule has 0 radical (unpaired) electrons. The van der Waals surface area contributed by atoms with Gasteiger partial charge in [0.1, 0.15) is 12.1 Å². The van der Waals surface area contributed by atoms with E-state index in [2.05, 4.69) is 21.2 Å². The molecule has 4 heteroatoms. The molecular formula is C16H10FN3. The molecule has 0 saturated carbocycles. The van der Waals surface area contributed by atoms with Gasteiger partial charge in [-0.25, -0.2) is 14.4 Å². The second-order valence-corrected chi connectivity index (χ2v) is 4.18. The number of nitrogens with one attached hydrogen (secondary N) is 1. The number of terminal acetylenes is 1. The average Bonchev–Trinajstić information content (AvgIpc) is 2.50. The van der Waals surface area contributed by atoms with E-state index in [0.29, 0.717) is 11.5 Å². The van der Waals surface area contributed by atoms with Gasteiger partial charge in [-0.15, -0.1) is 6.42 Å². The highest BCUT2D eigenvalue weighted by atomic mass is 19.1. The molecule has 0 atom stereocenters. The maximum atomic E-state index is 14.1. The van der Waals surface area contributed by atoms with Crippen LogP contribution in [0.4, 0.5) is 15.9 Å². The first kappa shape index (κ1) is 12.1. The van der Waals surface area contributed by atoms with Crippen LogP contribution in [0.3, 0.4) is 0 Å². The van der Waals surface area contributed by atoms with Crippen LogP contribution < -0.4 is 5.32 Å². The smallest absolute Gasteiger partial charge is 0.162 e. The molecule has 0 aliphatic heterocycles. The number of anilines is 2. The van der Waals surface area contributed by atoms with Crippen LogP contribution in [-0.2, 0) is 0 Å². The molecule has 1 aromatic heterocycles. The Morgan fingerprint density at radius 3 is 2.75 bits per heavy atom. The first-order chi connectivity index (χ1) is 9.79. The zero-order valence-electron chi connectivity index (χ0n) is 10.5. The average molecular weight is 263 g/mol. The SMILES string of the molecule is C#Cc1cccc(Nc2ncnc3ccccc23)c1F. The predicted octanol–water partition coefficient (Wildman–Crippen LogP) is 3.49. The van der Waals surface area contributed by atoms with E-state index >= 15 is 0 Å². The van der Waals surface area contributed by atoms with Crippen molar-refractivity contribution in [3.8, 4) is 12.3 Å². The lowest BCUT2D eigenvalue weighted by atomic mass is 10.2. The van der Waals surface area contributed by atoms with Crippen LogP contribution in [-0.4, -0.2) is 9.97 Å². The van der Waals surface area contributed by atoms with Crippen molar-refractivity contribution in [2.45, 2.75) is 0 Å². The summed E-state index contributed by atoms with van der Waals surface area (Å²) < 4.78 is 14.1. The fourth-order valence-corrected chi connectivity index (χ4v) is 1.97. The largest absolute Gasteiger partial charge is 0.337 e. The summed E-state index contributed by atoms with van der Waals surface area (Å²) in [5.74, 6) is 2.40. The Kier molecular flexibility index (Phi) is 3.02. The molecule has 1 heterocycles. The van der Waals surface area contributed by atoms with Crippen LogP contribution in [0.5, 0.6) is 0 Å². The Morgan fingerprint density at radius 2 is 1.90 bits per heavy atom. The molecule has 0 unspecified atom stereocenters. The van der Waals surface area contributed by atoms with Crippen molar-refractivity contribution in [1.82, 2.24) is 9.97 Å². The van der Waals surface area contributed by atoms with Crippen molar-refractivity contribution in [2.75, 3.05) is 5.32 Å². The van der Waals surface area contributed by atoms with Gasteiger partial charge in [-0.3, -0.25) is 0 Å². The van der Waals surface area contributed by atoms with Gasteiger partial charge < -0.3 is 5.32 Å². The lowest BCUT2D eigenvalue weighted by molar-refractivity contribution is 0.628. The fourth-order valence-electron chi connectivity index (χ4n) is 1.97. The van der Waals surface area contributed by atoms with Gasteiger partial charge in [-0.1, -0.05) is 24.1 Å². The molecule has 96 valence electrons. The van der Waals surface area contributed by atoms with Crippen LogP contribution in [0.25, 0.3) is 10.9 Å². The number of hydrogen-bond acceptors (Lipinski definition) is 3. The van der Waals surface area contributed by atoms with Crippen LogP contribution in [0.15, 0.2) is 48.8 Å². The van der Waals surface area contributed by atoms with Crippen molar-refractivity contribution >= 4 is 22.4 Å². The number of para-hydroxylation sites is 1. The van der Waals surface area contributed by atoms with Gasteiger partial charge in [-0.2, -0.15) is 0 Å². The molecule has 0 saturated heterocycles. The normalized spacial score (nSPS) is 10.2. The van der Waals surface area contributed by atoms with E-state index in [1.807, 2.05) is 24.3 Å². The van der Waals surface area contributed by atoms with E-state index in [-0.39, 0.29) is 5.56 Å². The van der Waals surface area contributed by atoms with Crippen LogP contribution in [0.2, 0.25) is 0 Å². The number of benzene rings is 2. The number of rotatable bonds is 2. The van der Waals surface area contributed by atoms with Crippen molar-refractivity contribution in [2.24, 2.45) is 0 Å². The van der Waals surface area contributed by atoms with Crippen LogP contribution >= 0.6 is 0 Å². The van der Waals surface area contributed by atoms with Gasteiger partial charge in [-0.05, 0) is 24.3 Å². The third-order valence-corrected chi connectivity index (χ3v) is 2.95. The standard InChI is InChI=1S/C16H10FN3/c1-2-11-6-5-9-14(15(11)17)20-16-12-7-3-4-8-13(12)18-10-19-16/h1,3-10H,(H,18,19,20). The van der Waals surface area contributed by atoms with Gasteiger partial charge in [0, 0.05) is 5.39 Å². The zero-order valence-corrected chi connectivity index (χ0v) is 10.5. The third kappa shape index (κ3) is 2.06. The van der Waals surface area contributed by atoms with E-state index in [0.717, 1.165) is 10.9 Å². The molecule has 0 fully saturated rings. The molecule has 0 spiro atoms. The summed E-state index contributed by atoms with van der Waals surface area (Å²) in [7, 11) is 0. The predicted molar refractivity (Wildman–Crippen MR) is 77.2 cm³/mol. The zero-order chi connectivity index (χ0) is 13.9. The van der Waals surface area contributed by atoms with E-state index in [1.165, 1.54) is 6.33 Å². The minimum Gasteiger partial charge on any atom is -0.337 e. The second-order valence-electron chi connectivity index (χ2n) is 4.18. The minimum atomic E-state index is -0.460. The number of fused-ring (bicyclic) bond motifs is 1. The Morgan fingerprint density at radius 1 is 1.05 bits per heavy atom. The van der Waals surface area contributed by atoms with E-state index in [1.54, 1.807) is 18.2 Å². The molecule has 0 amide bonds. The van der Waals surface area contributed by atoms with E-state index < -0.39 is 5.82 Å². The van der Waals surface area contributed by atoms with Gasteiger partial charge in [0.15, 0.2) is 5.82 Å². The van der Waals surface area contributed by atoms with Crippen molar-refractivity contribution in [1.29, 1.82) is 0 Å². The van der Waals surface area contributed by atoms with E-state index in [9.17, 15) is 4.39 Å². The fraction of sp³-hybridized carbons (Fsp3) is 0. The molecule has 3 aromatic rings. The summed E-state index contributed by atoms with van der Waals surface area (Å²) in [5, 5.41) is 3.79. The topological polar surface area (TPSA) is 37.8 Å². The maximum absolute atomic E-state index is 14.1. The van der Waals surface area contributed by atoms with Gasteiger partial charge >= 0.3 is 0 Å². The molecule has 1 N–H and O–H groups in total. The lowest BCUT2D eigenvalue weighted by Crippen LogP contribution is -1.99. The number of hydrogen-bond donors (Lipinski definition) is 1. The molecule has 0 aliphatic carbocycles. The highest BCUT2D eigenvalue weighted by Gasteiger charge is 2.09. The van der Waals surface area contributed by atoms with Crippen LogP contribution in [0.1, 0.15) is 5.56 Å². The van der Waals surface area contributed by atoms with Gasteiger partial charge in [0.05, 0.1) is 16.8 Å². The molecular weight excluding hydrogens is 253 g/mol. The summed E-state index contributed by atoms with van der Waals surface area (Å²) >= 11 is 0. The molecule has 0 bridgehead atoms. The third-order valence-electron chi connectivity index (χ3n) is 2.95. The lowest BCUT2D eigenvalue weighted by Gasteiger charge is -2.09. The van der Waals surface area contributed by atoms with Crippen molar-refractivity contribution < 1.29 is 4.39 Å². The summed E-state index contributed by atoms with van der Waals surface area (Å²) in [5.41, 5.74) is 1.30. The molecule has 3 nitrogen and oxygen atoms in total. The molecule has 3 rings (SSSR count). The van der Waals surface area contributed by atoms with Gasteiger partial charge in [0.2, 0.25) is 0 Å². The summed E-state index contributed by atoms with van der Waals surface area (Å²) in [4.78, 5) is 8.32. The first-order valence-electron chi connectivity index (χ1n) is 6.01. The summed E-state index contributed by atoms with van der Waals surface area (Å²) in [6, 6.07) is 12.4. The van der Waals surface area contributed by atoms with Gasteiger partial charge in [0.25, 0.3) is 0 Å². The Bertz CT molecular complexity index is 816. The van der Waals surface area contributed by atoms with Crippen LogP contribution in [0, 0.1) is 18.2 Å². The second kappa shape index (κ2) is 4.98. The molecule has 20 heavy (non-hydrogen) atoms. The summed E-state index contributed by atoms with van der Waals surface area (Å²) in [6.07, 6.45) is 6.70. The monoisotopic (exact) mass is 263 g/mol. The van der Waals surface area contributed by atoms with Crippen molar-refractivity contribution in [3.63, 3.8) is 0 Å². The number of aromatic nitrogens is 2. The number of nitrogens with zero attached hydrogens (tertiary/aromatic N) is 2. The molecule has 0 aliphatic rings. The Balaban J connectivity index is 2.09. The molecule has 2 aromatic carbocycles.